The van der Waals surface area contributed by atoms with Crippen LogP contribution in [0.4, 0.5) is 0 Å². The Labute approximate surface area is 152 Å². The number of nitrogens with one attached hydrogen (secondary N) is 1. The van der Waals surface area contributed by atoms with E-state index in [1.807, 2.05) is 60.7 Å². The van der Waals surface area contributed by atoms with Gasteiger partial charge in [-0.05, 0) is 17.2 Å². The van der Waals surface area contributed by atoms with Crippen LogP contribution in [0.3, 0.4) is 0 Å². The van der Waals surface area contributed by atoms with Gasteiger partial charge in [-0.15, -0.1) is 0 Å². The number of nitrogens with two attached hydrogens (primary N) is 1. The van der Waals surface area contributed by atoms with Crippen LogP contribution in [0.2, 0.25) is 0 Å². The summed E-state index contributed by atoms with van der Waals surface area (Å²) in [5.74, 6) is -0.400. The van der Waals surface area contributed by atoms with E-state index in [4.69, 9.17) is 10.6 Å². The van der Waals surface area contributed by atoms with E-state index < -0.39 is 5.97 Å². The molecule has 3 N–H and O–H groups in total. The van der Waals surface area contributed by atoms with Crippen molar-refractivity contribution in [2.45, 2.75) is 12.3 Å². The summed E-state index contributed by atoms with van der Waals surface area (Å²) in [6.45, 7) is 0. The van der Waals surface area contributed by atoms with E-state index >= 15 is 0 Å². The summed E-state index contributed by atoms with van der Waals surface area (Å²) >= 11 is 0. The molecule has 130 valence electrons. The minimum absolute atomic E-state index is 0.105. The number of aromatic nitrogens is 1. The maximum atomic E-state index is 12.3. The number of aromatic amines is 1. The number of carbonyl (C=O) groups excluding carboxylic acids is 1. The highest BCUT2D eigenvalue weighted by Crippen LogP contribution is 2.28. The third-order valence-electron chi connectivity index (χ3n) is 4.02. The molecular formula is C21H20N3O2+. The summed E-state index contributed by atoms with van der Waals surface area (Å²) in [6, 6.07) is 23.3. The summed E-state index contributed by atoms with van der Waals surface area (Å²) < 4.78 is 0. The molecular weight excluding hydrogens is 326 g/mol. The van der Waals surface area contributed by atoms with Crippen LogP contribution in [-0.2, 0) is 9.63 Å². The lowest BCUT2D eigenvalue weighted by Gasteiger charge is -2.16. The van der Waals surface area contributed by atoms with Gasteiger partial charge < -0.3 is 10.6 Å². The Morgan fingerprint density at radius 2 is 1.58 bits per heavy atom. The van der Waals surface area contributed by atoms with E-state index in [0.717, 1.165) is 11.1 Å². The number of amidine groups is 1. The van der Waals surface area contributed by atoms with E-state index in [0.29, 0.717) is 5.56 Å². The lowest BCUT2D eigenvalue weighted by Crippen LogP contribution is -2.18. The lowest BCUT2D eigenvalue weighted by atomic mass is 9.89. The van der Waals surface area contributed by atoms with E-state index in [9.17, 15) is 4.79 Å². The van der Waals surface area contributed by atoms with Gasteiger partial charge in [0, 0.05) is 12.0 Å². The van der Waals surface area contributed by atoms with Crippen LogP contribution in [0.25, 0.3) is 0 Å². The molecule has 5 nitrogen and oxygen atoms in total. The van der Waals surface area contributed by atoms with Gasteiger partial charge in [-0.25, -0.2) is 9.78 Å². The maximum Gasteiger partial charge on any atom is 0.336 e. The molecule has 0 spiro atoms. The highest BCUT2D eigenvalue weighted by Gasteiger charge is 2.19. The molecule has 3 aromatic rings. The first-order valence-electron chi connectivity index (χ1n) is 8.33. The van der Waals surface area contributed by atoms with Crippen molar-refractivity contribution in [2.24, 2.45) is 10.9 Å². The van der Waals surface area contributed by atoms with Crippen LogP contribution in [0.15, 0.2) is 90.3 Å². The zero-order valence-corrected chi connectivity index (χ0v) is 14.2. The second-order valence-electron chi connectivity index (χ2n) is 5.81. The van der Waals surface area contributed by atoms with Crippen LogP contribution >= 0.6 is 0 Å². The van der Waals surface area contributed by atoms with Gasteiger partial charge in [0.25, 0.3) is 0 Å². The molecule has 0 atom stereocenters. The van der Waals surface area contributed by atoms with Crippen LogP contribution < -0.4 is 10.7 Å². The molecule has 0 aliphatic rings. The second-order valence-corrected chi connectivity index (χ2v) is 5.81. The number of pyridine rings is 1. The van der Waals surface area contributed by atoms with E-state index in [1.54, 1.807) is 24.5 Å². The van der Waals surface area contributed by atoms with Gasteiger partial charge in [0.2, 0.25) is 0 Å². The molecule has 1 heterocycles. The topological polar surface area (TPSA) is 78.8 Å². The lowest BCUT2D eigenvalue weighted by molar-refractivity contribution is -0.378. The molecule has 0 bridgehead atoms. The first-order chi connectivity index (χ1) is 12.7. The molecule has 0 unspecified atom stereocenters. The van der Waals surface area contributed by atoms with Gasteiger partial charge in [-0.2, -0.15) is 0 Å². The monoisotopic (exact) mass is 346 g/mol. The number of H-pyrrole nitrogens is 1. The highest BCUT2D eigenvalue weighted by molar-refractivity contribution is 5.96. The molecule has 5 heteroatoms. The third kappa shape index (κ3) is 4.54. The van der Waals surface area contributed by atoms with Crippen LogP contribution in [0.5, 0.6) is 0 Å². The van der Waals surface area contributed by atoms with Gasteiger partial charge in [-0.3, -0.25) is 0 Å². The largest absolute Gasteiger partial charge is 0.380 e. The van der Waals surface area contributed by atoms with Crippen molar-refractivity contribution < 1.29 is 14.6 Å². The molecule has 0 fully saturated rings. The van der Waals surface area contributed by atoms with Crippen molar-refractivity contribution in [1.29, 1.82) is 0 Å². The SMILES string of the molecule is NC(=NOC(=O)CC(c1ccccc1)c1ccccc1)c1ccc[nH+]c1. The van der Waals surface area contributed by atoms with Gasteiger partial charge in [0.15, 0.2) is 18.2 Å². The predicted octanol–water partition coefficient (Wildman–Crippen LogP) is 2.89. The van der Waals surface area contributed by atoms with Gasteiger partial charge in [0.05, 0.1) is 12.0 Å². The number of nitrogens with zero attached hydrogens (tertiary/aromatic N) is 1. The zero-order chi connectivity index (χ0) is 18.2. The Morgan fingerprint density at radius 1 is 0.962 bits per heavy atom. The molecule has 0 amide bonds. The summed E-state index contributed by atoms with van der Waals surface area (Å²) in [4.78, 5) is 20.3. The number of oxime groups is 1. The fourth-order valence-corrected chi connectivity index (χ4v) is 2.71. The Balaban J connectivity index is 1.74. The van der Waals surface area contributed by atoms with Crippen molar-refractivity contribution in [3.8, 4) is 0 Å². The molecule has 3 rings (SSSR count). The number of benzene rings is 2. The molecule has 1 aromatic heterocycles. The smallest absolute Gasteiger partial charge is 0.336 e. The summed E-state index contributed by atoms with van der Waals surface area (Å²) in [7, 11) is 0. The molecule has 26 heavy (non-hydrogen) atoms. The summed E-state index contributed by atoms with van der Waals surface area (Å²) in [5.41, 5.74) is 8.60. The number of hydrogen-bond donors (Lipinski definition) is 1. The highest BCUT2D eigenvalue weighted by atomic mass is 16.7. The number of carbonyl (C=O) groups is 1. The second kappa shape index (κ2) is 8.58. The molecule has 0 saturated heterocycles. The average molecular weight is 346 g/mol. The Hall–Kier alpha value is -3.47. The quantitative estimate of drug-likeness (QED) is 0.323. The molecule has 0 saturated carbocycles. The van der Waals surface area contributed by atoms with Gasteiger partial charge in [0.1, 0.15) is 0 Å². The maximum absolute atomic E-state index is 12.3. The predicted molar refractivity (Wildman–Crippen MR) is 99.2 cm³/mol. The Kier molecular flexibility index (Phi) is 5.72. The fourth-order valence-electron chi connectivity index (χ4n) is 2.71. The van der Waals surface area contributed by atoms with Crippen molar-refractivity contribution in [3.05, 3.63) is 102 Å². The Morgan fingerprint density at radius 3 is 2.12 bits per heavy atom. The van der Waals surface area contributed by atoms with Crippen molar-refractivity contribution in [3.63, 3.8) is 0 Å². The first kappa shape index (κ1) is 17.4. The van der Waals surface area contributed by atoms with Crippen molar-refractivity contribution in [1.82, 2.24) is 0 Å². The molecule has 2 aromatic carbocycles. The number of hydrogen-bond acceptors (Lipinski definition) is 3. The van der Waals surface area contributed by atoms with Gasteiger partial charge >= 0.3 is 5.97 Å². The Bertz CT molecular complexity index is 826. The van der Waals surface area contributed by atoms with Crippen molar-refractivity contribution in [2.75, 3.05) is 0 Å². The average Bonchev–Trinajstić information content (AvgIpc) is 2.72. The van der Waals surface area contributed by atoms with Crippen LogP contribution in [-0.4, -0.2) is 11.8 Å². The van der Waals surface area contributed by atoms with E-state index in [-0.39, 0.29) is 18.2 Å². The van der Waals surface area contributed by atoms with Gasteiger partial charge in [-0.1, -0.05) is 65.8 Å². The van der Waals surface area contributed by atoms with Crippen LogP contribution in [0, 0.1) is 0 Å². The number of rotatable bonds is 6. The van der Waals surface area contributed by atoms with Crippen molar-refractivity contribution >= 4 is 11.8 Å². The summed E-state index contributed by atoms with van der Waals surface area (Å²) in [5, 5.41) is 3.76. The zero-order valence-electron chi connectivity index (χ0n) is 14.2. The van der Waals surface area contributed by atoms with Crippen LogP contribution in [0.1, 0.15) is 29.0 Å². The molecule has 0 aliphatic heterocycles. The van der Waals surface area contributed by atoms with E-state index in [2.05, 4.69) is 10.1 Å². The normalized spacial score (nSPS) is 11.3. The minimum atomic E-state index is -0.439. The fraction of sp³-hybridized carbons (Fsp3) is 0.0952. The molecule has 0 aliphatic carbocycles. The molecule has 0 radical (unpaired) electrons. The standard InChI is InChI=1S/C21H19N3O2/c22-21(18-12-7-13-23-15-18)24-26-20(25)14-19(16-8-3-1-4-9-16)17-10-5-2-6-11-17/h1-13,15,19H,14H2,(H2,22,24)/p+1. The summed E-state index contributed by atoms with van der Waals surface area (Å²) in [6.07, 6.45) is 3.61. The minimum Gasteiger partial charge on any atom is -0.380 e. The van der Waals surface area contributed by atoms with E-state index in [1.165, 1.54) is 0 Å². The first-order valence-corrected chi connectivity index (χ1v) is 8.33. The third-order valence-corrected chi connectivity index (χ3v) is 4.02.